The standard InChI is InChI=1S/C11H19N3O5S/c1-17-4-3-14-9(7-19-6-5-18-2)12-13-11(14)20-8-10(15)16/h3-8H2,1-2H3,(H,15,16). The van der Waals surface area contributed by atoms with Crippen LogP contribution in [0.15, 0.2) is 5.16 Å². The maximum Gasteiger partial charge on any atom is 0.313 e. The van der Waals surface area contributed by atoms with E-state index in [1.807, 2.05) is 4.57 Å². The third kappa shape index (κ3) is 5.87. The lowest BCUT2D eigenvalue weighted by Gasteiger charge is -2.09. The molecule has 0 unspecified atom stereocenters. The molecule has 0 spiro atoms. The summed E-state index contributed by atoms with van der Waals surface area (Å²) in [6, 6.07) is 0. The van der Waals surface area contributed by atoms with Crippen molar-refractivity contribution in [2.75, 3.05) is 39.8 Å². The number of aromatic nitrogens is 3. The van der Waals surface area contributed by atoms with Gasteiger partial charge in [-0.15, -0.1) is 10.2 Å². The fourth-order valence-corrected chi connectivity index (χ4v) is 2.08. The van der Waals surface area contributed by atoms with Gasteiger partial charge in [-0.1, -0.05) is 11.8 Å². The summed E-state index contributed by atoms with van der Waals surface area (Å²) in [6.07, 6.45) is 0. The number of methoxy groups -OCH3 is 2. The van der Waals surface area contributed by atoms with Crippen molar-refractivity contribution in [1.82, 2.24) is 14.8 Å². The molecule has 0 atom stereocenters. The van der Waals surface area contributed by atoms with E-state index in [4.69, 9.17) is 19.3 Å². The molecule has 20 heavy (non-hydrogen) atoms. The number of rotatable bonds is 11. The van der Waals surface area contributed by atoms with Crippen molar-refractivity contribution < 1.29 is 24.1 Å². The van der Waals surface area contributed by atoms with Crippen LogP contribution in [0.5, 0.6) is 0 Å². The Morgan fingerprint density at radius 3 is 2.65 bits per heavy atom. The predicted molar refractivity (Wildman–Crippen MR) is 71.8 cm³/mol. The largest absolute Gasteiger partial charge is 0.481 e. The molecule has 1 heterocycles. The summed E-state index contributed by atoms with van der Waals surface area (Å²) in [5.74, 6) is -0.310. The number of thioether (sulfide) groups is 1. The van der Waals surface area contributed by atoms with Gasteiger partial charge < -0.3 is 23.9 Å². The van der Waals surface area contributed by atoms with Crippen molar-refractivity contribution in [3.05, 3.63) is 5.82 Å². The van der Waals surface area contributed by atoms with Gasteiger partial charge >= 0.3 is 5.97 Å². The van der Waals surface area contributed by atoms with Crippen LogP contribution in [-0.2, 0) is 32.2 Å². The highest BCUT2D eigenvalue weighted by Crippen LogP contribution is 2.17. The van der Waals surface area contributed by atoms with Gasteiger partial charge in [0.1, 0.15) is 6.61 Å². The fourth-order valence-electron chi connectivity index (χ4n) is 1.37. The zero-order valence-electron chi connectivity index (χ0n) is 11.6. The van der Waals surface area contributed by atoms with Crippen LogP contribution < -0.4 is 0 Å². The Morgan fingerprint density at radius 1 is 1.25 bits per heavy atom. The number of ether oxygens (including phenoxy) is 3. The summed E-state index contributed by atoms with van der Waals surface area (Å²) in [5.41, 5.74) is 0. The molecule has 1 N–H and O–H groups in total. The molecule has 0 fully saturated rings. The molecule has 1 aromatic rings. The van der Waals surface area contributed by atoms with Crippen LogP contribution in [0, 0.1) is 0 Å². The van der Waals surface area contributed by atoms with Crippen molar-refractivity contribution >= 4 is 17.7 Å². The van der Waals surface area contributed by atoms with Gasteiger partial charge in [0, 0.05) is 20.8 Å². The molecule has 8 nitrogen and oxygen atoms in total. The summed E-state index contributed by atoms with van der Waals surface area (Å²) in [4.78, 5) is 10.6. The van der Waals surface area contributed by atoms with Gasteiger partial charge in [-0.2, -0.15) is 0 Å². The topological polar surface area (TPSA) is 95.7 Å². The minimum atomic E-state index is -0.894. The summed E-state index contributed by atoms with van der Waals surface area (Å²) in [7, 11) is 3.20. The molecule has 0 aromatic carbocycles. The molecule has 0 amide bonds. The Bertz CT molecular complexity index is 413. The Morgan fingerprint density at radius 2 is 2.00 bits per heavy atom. The number of hydrogen-bond acceptors (Lipinski definition) is 7. The van der Waals surface area contributed by atoms with Crippen LogP contribution in [0.2, 0.25) is 0 Å². The number of nitrogens with zero attached hydrogens (tertiary/aromatic N) is 3. The van der Waals surface area contributed by atoms with E-state index in [-0.39, 0.29) is 5.75 Å². The first-order valence-corrected chi connectivity index (χ1v) is 7.00. The van der Waals surface area contributed by atoms with E-state index in [2.05, 4.69) is 10.2 Å². The van der Waals surface area contributed by atoms with Crippen LogP contribution in [0.4, 0.5) is 0 Å². The van der Waals surface area contributed by atoms with Gasteiger partial charge in [-0.25, -0.2) is 0 Å². The highest BCUT2D eigenvalue weighted by atomic mass is 32.2. The van der Waals surface area contributed by atoms with E-state index >= 15 is 0 Å². The highest BCUT2D eigenvalue weighted by molar-refractivity contribution is 7.99. The average molecular weight is 305 g/mol. The van der Waals surface area contributed by atoms with Crippen molar-refractivity contribution in [3.63, 3.8) is 0 Å². The maximum absolute atomic E-state index is 10.6. The lowest BCUT2D eigenvalue weighted by atomic mass is 10.5. The molecule has 0 saturated carbocycles. The zero-order valence-corrected chi connectivity index (χ0v) is 12.4. The molecule has 0 saturated heterocycles. The van der Waals surface area contributed by atoms with Crippen LogP contribution in [-0.4, -0.2) is 65.6 Å². The van der Waals surface area contributed by atoms with E-state index in [9.17, 15) is 4.79 Å². The van der Waals surface area contributed by atoms with Crippen molar-refractivity contribution in [2.45, 2.75) is 18.3 Å². The van der Waals surface area contributed by atoms with Crippen LogP contribution in [0.3, 0.4) is 0 Å². The monoisotopic (exact) mass is 305 g/mol. The fraction of sp³-hybridized carbons (Fsp3) is 0.727. The SMILES string of the molecule is COCCOCc1nnc(SCC(=O)O)n1CCOC. The molecule has 0 radical (unpaired) electrons. The second-order valence-corrected chi connectivity index (χ2v) is 4.71. The summed E-state index contributed by atoms with van der Waals surface area (Å²) in [6.45, 7) is 2.31. The van der Waals surface area contributed by atoms with Gasteiger partial charge in [0.15, 0.2) is 11.0 Å². The number of carbonyl (C=O) groups is 1. The maximum atomic E-state index is 10.6. The lowest BCUT2D eigenvalue weighted by molar-refractivity contribution is -0.133. The first kappa shape index (κ1) is 16.9. The average Bonchev–Trinajstić information content (AvgIpc) is 2.81. The third-order valence-corrected chi connectivity index (χ3v) is 3.25. The molecule has 0 aliphatic carbocycles. The highest BCUT2D eigenvalue weighted by Gasteiger charge is 2.13. The van der Waals surface area contributed by atoms with Crippen molar-refractivity contribution in [1.29, 1.82) is 0 Å². The Kier molecular flexibility index (Phi) is 8.19. The molecule has 1 rings (SSSR count). The van der Waals surface area contributed by atoms with E-state index in [0.29, 0.717) is 44.0 Å². The summed E-state index contributed by atoms with van der Waals surface area (Å²) in [5, 5.41) is 17.3. The number of hydrogen-bond donors (Lipinski definition) is 1. The van der Waals surface area contributed by atoms with Crippen LogP contribution in [0.25, 0.3) is 0 Å². The number of carboxylic acid groups (broad SMARTS) is 1. The normalized spacial score (nSPS) is 10.9. The molecule has 1 aromatic heterocycles. The summed E-state index contributed by atoms with van der Waals surface area (Å²) >= 11 is 1.12. The molecule has 0 aliphatic rings. The van der Waals surface area contributed by atoms with Crippen molar-refractivity contribution in [2.24, 2.45) is 0 Å². The molecule has 0 aliphatic heterocycles. The van der Waals surface area contributed by atoms with Gasteiger partial charge in [0.2, 0.25) is 0 Å². The molecular weight excluding hydrogens is 286 g/mol. The quantitative estimate of drug-likeness (QED) is 0.459. The van der Waals surface area contributed by atoms with E-state index < -0.39 is 5.97 Å². The van der Waals surface area contributed by atoms with Crippen LogP contribution in [0.1, 0.15) is 5.82 Å². The molecule has 114 valence electrons. The minimum Gasteiger partial charge on any atom is -0.481 e. The van der Waals surface area contributed by atoms with Gasteiger partial charge in [0.25, 0.3) is 0 Å². The zero-order chi connectivity index (χ0) is 14.8. The molecule has 0 bridgehead atoms. The Labute approximate surface area is 121 Å². The first-order chi connectivity index (χ1) is 9.69. The summed E-state index contributed by atoms with van der Waals surface area (Å²) < 4.78 is 17.1. The lowest BCUT2D eigenvalue weighted by Crippen LogP contribution is -2.12. The van der Waals surface area contributed by atoms with Crippen molar-refractivity contribution in [3.8, 4) is 0 Å². The van der Waals surface area contributed by atoms with E-state index in [1.165, 1.54) is 0 Å². The predicted octanol–water partition coefficient (Wildman–Crippen LogP) is 0.264. The number of carboxylic acids is 1. The van der Waals surface area contributed by atoms with E-state index in [0.717, 1.165) is 11.8 Å². The van der Waals surface area contributed by atoms with E-state index in [1.54, 1.807) is 14.2 Å². The smallest absolute Gasteiger partial charge is 0.313 e. The number of aliphatic carboxylic acids is 1. The second kappa shape index (κ2) is 9.70. The van der Waals surface area contributed by atoms with Gasteiger partial charge in [-0.3, -0.25) is 4.79 Å². The third-order valence-electron chi connectivity index (χ3n) is 2.30. The van der Waals surface area contributed by atoms with Gasteiger partial charge in [-0.05, 0) is 0 Å². The van der Waals surface area contributed by atoms with Crippen LogP contribution >= 0.6 is 11.8 Å². The molecular formula is C11H19N3O5S. The Balaban J connectivity index is 2.63. The first-order valence-electron chi connectivity index (χ1n) is 6.01. The second-order valence-electron chi connectivity index (χ2n) is 3.77. The molecule has 9 heteroatoms. The minimum absolute atomic E-state index is 0.0599. The Hall–Kier alpha value is -1.16. The van der Waals surface area contributed by atoms with Gasteiger partial charge in [0.05, 0.1) is 25.6 Å².